The number of benzene rings is 1. The lowest BCUT2D eigenvalue weighted by Gasteiger charge is -2.06. The zero-order valence-corrected chi connectivity index (χ0v) is 9.10. The third kappa shape index (κ3) is 1.75. The molecule has 0 N–H and O–H groups in total. The molecule has 1 heterocycles. The molecule has 15 heavy (non-hydrogen) atoms. The molecule has 0 saturated heterocycles. The van der Waals surface area contributed by atoms with Crippen molar-refractivity contribution in [3.63, 3.8) is 0 Å². The second-order valence-corrected chi connectivity index (χ2v) is 3.63. The zero-order chi connectivity index (χ0) is 11.0. The second kappa shape index (κ2) is 3.66. The van der Waals surface area contributed by atoms with Crippen LogP contribution in [0.2, 0.25) is 5.15 Å². The Morgan fingerprint density at radius 1 is 1.33 bits per heavy atom. The molecule has 0 aliphatic heterocycles. The fourth-order valence-corrected chi connectivity index (χ4v) is 1.60. The molecule has 0 aliphatic carbocycles. The maximum Gasteiger partial charge on any atom is 0.148 e. The summed E-state index contributed by atoms with van der Waals surface area (Å²) < 4.78 is 18.2. The van der Waals surface area contributed by atoms with Crippen molar-refractivity contribution in [1.29, 1.82) is 0 Å². The third-order valence-electron chi connectivity index (χ3n) is 2.20. The molecule has 1 aromatic heterocycles. The standard InChI is InChI=1S/C11H9ClFNO/c1-6-3-7-4-8(13)5-9(15-2)10(7)14-11(6)12/h3-5H,1-2H3. The molecule has 0 bridgehead atoms. The topological polar surface area (TPSA) is 22.1 Å². The van der Waals surface area contributed by atoms with E-state index >= 15 is 0 Å². The Hall–Kier alpha value is -1.35. The predicted molar refractivity (Wildman–Crippen MR) is 58.0 cm³/mol. The number of rotatable bonds is 1. The third-order valence-corrected chi connectivity index (χ3v) is 2.58. The van der Waals surface area contributed by atoms with E-state index in [1.165, 1.54) is 19.2 Å². The molecule has 0 amide bonds. The van der Waals surface area contributed by atoms with Gasteiger partial charge in [-0.25, -0.2) is 9.37 Å². The summed E-state index contributed by atoms with van der Waals surface area (Å²) in [5, 5.41) is 1.10. The summed E-state index contributed by atoms with van der Waals surface area (Å²) in [5.41, 5.74) is 1.39. The number of aromatic nitrogens is 1. The van der Waals surface area contributed by atoms with E-state index in [1.54, 1.807) is 6.07 Å². The summed E-state index contributed by atoms with van der Waals surface area (Å²) in [5.74, 6) is 0.0507. The van der Waals surface area contributed by atoms with Crippen LogP contribution < -0.4 is 4.74 Å². The van der Waals surface area contributed by atoms with Gasteiger partial charge < -0.3 is 4.74 Å². The van der Waals surface area contributed by atoms with E-state index < -0.39 is 0 Å². The zero-order valence-electron chi connectivity index (χ0n) is 8.34. The maximum absolute atomic E-state index is 13.2. The van der Waals surface area contributed by atoms with E-state index in [4.69, 9.17) is 16.3 Å². The normalized spacial score (nSPS) is 10.7. The Balaban J connectivity index is 2.84. The molecule has 0 fully saturated rings. The first-order chi connectivity index (χ1) is 7.11. The van der Waals surface area contributed by atoms with Gasteiger partial charge >= 0.3 is 0 Å². The lowest BCUT2D eigenvalue weighted by Crippen LogP contribution is -1.91. The van der Waals surface area contributed by atoms with Crippen LogP contribution in [0.1, 0.15) is 5.56 Å². The van der Waals surface area contributed by atoms with Crippen molar-refractivity contribution in [3.8, 4) is 5.75 Å². The lowest BCUT2D eigenvalue weighted by molar-refractivity contribution is 0.415. The van der Waals surface area contributed by atoms with Crippen LogP contribution in [-0.2, 0) is 0 Å². The van der Waals surface area contributed by atoms with Crippen molar-refractivity contribution >= 4 is 22.5 Å². The number of fused-ring (bicyclic) bond motifs is 1. The average molecular weight is 226 g/mol. The van der Waals surface area contributed by atoms with Gasteiger partial charge in [-0.15, -0.1) is 0 Å². The molecule has 2 nitrogen and oxygen atoms in total. The maximum atomic E-state index is 13.2. The first-order valence-electron chi connectivity index (χ1n) is 4.42. The van der Waals surface area contributed by atoms with Gasteiger partial charge in [0.15, 0.2) is 0 Å². The molecule has 2 rings (SSSR count). The first-order valence-corrected chi connectivity index (χ1v) is 4.80. The van der Waals surface area contributed by atoms with E-state index in [2.05, 4.69) is 4.98 Å². The number of ether oxygens (including phenoxy) is 1. The summed E-state index contributed by atoms with van der Waals surface area (Å²) in [7, 11) is 1.48. The van der Waals surface area contributed by atoms with Gasteiger partial charge in [0, 0.05) is 11.5 Å². The molecule has 0 radical (unpaired) electrons. The number of aryl methyl sites for hydroxylation is 1. The summed E-state index contributed by atoms with van der Waals surface area (Å²) in [6.07, 6.45) is 0. The van der Waals surface area contributed by atoms with Gasteiger partial charge in [0.25, 0.3) is 0 Å². The number of pyridine rings is 1. The number of methoxy groups -OCH3 is 1. The molecule has 0 spiro atoms. The number of halogens is 2. The smallest absolute Gasteiger partial charge is 0.148 e. The van der Waals surface area contributed by atoms with E-state index in [-0.39, 0.29) is 5.82 Å². The summed E-state index contributed by atoms with van der Waals surface area (Å²) >= 11 is 5.90. The molecule has 0 saturated carbocycles. The fraction of sp³-hybridized carbons (Fsp3) is 0.182. The van der Waals surface area contributed by atoms with Gasteiger partial charge in [0.1, 0.15) is 22.2 Å². The quantitative estimate of drug-likeness (QED) is 0.695. The molecule has 2 aromatic rings. The van der Waals surface area contributed by atoms with Crippen LogP contribution in [0.15, 0.2) is 18.2 Å². The Kier molecular flexibility index (Phi) is 2.49. The van der Waals surface area contributed by atoms with Crippen molar-refractivity contribution in [1.82, 2.24) is 4.98 Å². The molecule has 0 aliphatic rings. The molecular weight excluding hydrogens is 217 g/mol. The van der Waals surface area contributed by atoms with Gasteiger partial charge in [0.05, 0.1) is 7.11 Å². The largest absolute Gasteiger partial charge is 0.494 e. The van der Waals surface area contributed by atoms with Gasteiger partial charge in [-0.1, -0.05) is 11.6 Å². The Bertz CT molecular complexity index is 527. The minimum absolute atomic E-state index is 0.345. The second-order valence-electron chi connectivity index (χ2n) is 3.28. The molecule has 0 atom stereocenters. The van der Waals surface area contributed by atoms with Crippen LogP contribution in [0.4, 0.5) is 4.39 Å². The number of nitrogens with zero attached hydrogens (tertiary/aromatic N) is 1. The number of hydrogen-bond donors (Lipinski definition) is 0. The van der Waals surface area contributed by atoms with Crippen LogP contribution in [-0.4, -0.2) is 12.1 Å². The minimum Gasteiger partial charge on any atom is -0.494 e. The van der Waals surface area contributed by atoms with E-state index in [9.17, 15) is 4.39 Å². The highest BCUT2D eigenvalue weighted by Crippen LogP contribution is 2.28. The Labute approximate surface area is 91.6 Å². The van der Waals surface area contributed by atoms with Crippen LogP contribution in [0, 0.1) is 12.7 Å². The highest BCUT2D eigenvalue weighted by atomic mass is 35.5. The summed E-state index contributed by atoms with van der Waals surface area (Å²) in [6, 6.07) is 4.49. The SMILES string of the molecule is COc1cc(F)cc2cc(C)c(Cl)nc12. The molecule has 4 heteroatoms. The molecular formula is C11H9ClFNO. The Morgan fingerprint density at radius 3 is 2.73 bits per heavy atom. The average Bonchev–Trinajstić information content (AvgIpc) is 2.19. The van der Waals surface area contributed by atoms with E-state index in [1.807, 2.05) is 6.92 Å². The molecule has 1 aromatic carbocycles. The highest BCUT2D eigenvalue weighted by molar-refractivity contribution is 6.30. The first kappa shape index (κ1) is 10.2. The highest BCUT2D eigenvalue weighted by Gasteiger charge is 2.08. The number of hydrogen-bond acceptors (Lipinski definition) is 2. The van der Waals surface area contributed by atoms with Crippen LogP contribution in [0.3, 0.4) is 0 Å². The van der Waals surface area contributed by atoms with Crippen molar-refractivity contribution in [2.75, 3.05) is 7.11 Å². The van der Waals surface area contributed by atoms with Gasteiger partial charge in [-0.2, -0.15) is 0 Å². The van der Waals surface area contributed by atoms with Crippen molar-refractivity contribution < 1.29 is 9.13 Å². The molecule has 0 unspecified atom stereocenters. The van der Waals surface area contributed by atoms with Crippen molar-refractivity contribution in [2.45, 2.75) is 6.92 Å². The fourth-order valence-electron chi connectivity index (χ4n) is 1.46. The van der Waals surface area contributed by atoms with Crippen molar-refractivity contribution in [2.24, 2.45) is 0 Å². The molecule has 78 valence electrons. The van der Waals surface area contributed by atoms with Crippen molar-refractivity contribution in [3.05, 3.63) is 34.7 Å². The van der Waals surface area contributed by atoms with Gasteiger partial charge in [-0.05, 0) is 24.6 Å². The summed E-state index contributed by atoms with van der Waals surface area (Å²) in [4.78, 5) is 4.16. The van der Waals surface area contributed by atoms with Gasteiger partial charge in [0.2, 0.25) is 0 Å². The predicted octanol–water partition coefficient (Wildman–Crippen LogP) is 3.34. The van der Waals surface area contributed by atoms with Crippen LogP contribution in [0.5, 0.6) is 5.75 Å². The monoisotopic (exact) mass is 225 g/mol. The van der Waals surface area contributed by atoms with Crippen LogP contribution >= 0.6 is 11.6 Å². The lowest BCUT2D eigenvalue weighted by atomic mass is 10.1. The minimum atomic E-state index is -0.345. The summed E-state index contributed by atoms with van der Waals surface area (Å²) in [6.45, 7) is 1.83. The van der Waals surface area contributed by atoms with Gasteiger partial charge in [-0.3, -0.25) is 0 Å². The van der Waals surface area contributed by atoms with Crippen LogP contribution in [0.25, 0.3) is 10.9 Å². The Morgan fingerprint density at radius 2 is 2.07 bits per heavy atom. The van der Waals surface area contributed by atoms with E-state index in [0.717, 1.165) is 5.56 Å². The van der Waals surface area contributed by atoms with E-state index in [0.29, 0.717) is 21.8 Å².